The molecule has 0 radical (unpaired) electrons. The van der Waals surface area contributed by atoms with Crippen LogP contribution in [0.1, 0.15) is 19.4 Å². The van der Waals surface area contributed by atoms with E-state index < -0.39 is 5.41 Å². The number of amides is 1. The molecule has 1 aromatic rings. The van der Waals surface area contributed by atoms with E-state index in [-0.39, 0.29) is 11.7 Å². The molecule has 2 rings (SSSR count). The molecule has 0 aromatic heterocycles. The highest BCUT2D eigenvalue weighted by molar-refractivity contribution is 5.87. The van der Waals surface area contributed by atoms with Gasteiger partial charge in [0.2, 0.25) is 5.91 Å². The van der Waals surface area contributed by atoms with Crippen LogP contribution in [-0.4, -0.2) is 25.5 Å². The zero-order chi connectivity index (χ0) is 13.2. The van der Waals surface area contributed by atoms with E-state index in [2.05, 4.69) is 10.6 Å². The largest absolute Gasteiger partial charge is 0.355 e. The smallest absolute Gasteiger partial charge is 0.230 e. The van der Waals surface area contributed by atoms with Crippen LogP contribution >= 0.6 is 0 Å². The second-order valence-corrected chi connectivity index (χ2v) is 5.34. The van der Waals surface area contributed by atoms with Crippen LogP contribution in [0.15, 0.2) is 24.3 Å². The monoisotopic (exact) mass is 250 g/mol. The molecule has 1 amide bonds. The zero-order valence-corrected chi connectivity index (χ0v) is 10.8. The van der Waals surface area contributed by atoms with Crippen molar-refractivity contribution in [3.05, 3.63) is 35.6 Å². The molecule has 0 spiro atoms. The van der Waals surface area contributed by atoms with Crippen LogP contribution in [0.5, 0.6) is 0 Å². The lowest BCUT2D eigenvalue weighted by molar-refractivity contribution is -0.126. The molecule has 1 aliphatic rings. The van der Waals surface area contributed by atoms with Crippen molar-refractivity contribution in [2.24, 2.45) is 5.92 Å². The van der Waals surface area contributed by atoms with Gasteiger partial charge < -0.3 is 10.6 Å². The second kappa shape index (κ2) is 5.06. The van der Waals surface area contributed by atoms with E-state index in [4.69, 9.17) is 0 Å². The van der Waals surface area contributed by atoms with Crippen molar-refractivity contribution in [3.8, 4) is 0 Å². The van der Waals surface area contributed by atoms with E-state index in [1.54, 1.807) is 32.0 Å². The number of rotatable bonds is 4. The standard InChI is InChI=1S/C14H19FN2O/c1-14(2,11-5-3-4-6-12(11)15)13(18)17-9-10-7-16-8-10/h3-6,10,16H,7-9H2,1-2H3,(H,17,18). The molecule has 0 aliphatic carbocycles. The lowest BCUT2D eigenvalue weighted by Gasteiger charge is -2.30. The summed E-state index contributed by atoms with van der Waals surface area (Å²) in [6.07, 6.45) is 0. The van der Waals surface area contributed by atoms with E-state index in [9.17, 15) is 9.18 Å². The molecular formula is C14H19FN2O. The van der Waals surface area contributed by atoms with Crippen molar-refractivity contribution >= 4 is 5.91 Å². The van der Waals surface area contributed by atoms with Gasteiger partial charge in [-0.3, -0.25) is 4.79 Å². The van der Waals surface area contributed by atoms with Crippen molar-refractivity contribution in [2.75, 3.05) is 19.6 Å². The van der Waals surface area contributed by atoms with Crippen LogP contribution in [0.2, 0.25) is 0 Å². The first-order chi connectivity index (χ1) is 8.51. The number of nitrogens with one attached hydrogen (secondary N) is 2. The number of benzene rings is 1. The Hall–Kier alpha value is -1.42. The molecule has 1 aromatic carbocycles. The fourth-order valence-corrected chi connectivity index (χ4v) is 2.04. The lowest BCUT2D eigenvalue weighted by Crippen LogP contribution is -2.50. The topological polar surface area (TPSA) is 41.1 Å². The summed E-state index contributed by atoms with van der Waals surface area (Å²) in [7, 11) is 0. The minimum Gasteiger partial charge on any atom is -0.355 e. The molecule has 3 nitrogen and oxygen atoms in total. The molecule has 2 N–H and O–H groups in total. The number of hydrogen-bond donors (Lipinski definition) is 2. The molecule has 1 aliphatic heterocycles. The summed E-state index contributed by atoms with van der Waals surface area (Å²) in [5.74, 6) is 0.0489. The Morgan fingerprint density at radius 1 is 1.44 bits per heavy atom. The van der Waals surface area contributed by atoms with Crippen LogP contribution < -0.4 is 10.6 Å². The predicted molar refractivity (Wildman–Crippen MR) is 68.8 cm³/mol. The Balaban J connectivity index is 2.04. The van der Waals surface area contributed by atoms with Gasteiger partial charge >= 0.3 is 0 Å². The third-order valence-electron chi connectivity index (χ3n) is 3.53. The molecule has 0 atom stereocenters. The summed E-state index contributed by atoms with van der Waals surface area (Å²) in [5, 5.41) is 6.06. The molecule has 1 heterocycles. The van der Waals surface area contributed by atoms with Gasteiger partial charge in [0.05, 0.1) is 5.41 Å². The Morgan fingerprint density at radius 3 is 2.67 bits per heavy atom. The number of carbonyl (C=O) groups excluding carboxylic acids is 1. The SMILES string of the molecule is CC(C)(C(=O)NCC1CNC1)c1ccccc1F. The van der Waals surface area contributed by atoms with E-state index in [0.717, 1.165) is 13.1 Å². The van der Waals surface area contributed by atoms with Gasteiger partial charge in [-0.2, -0.15) is 0 Å². The summed E-state index contributed by atoms with van der Waals surface area (Å²) < 4.78 is 13.7. The van der Waals surface area contributed by atoms with Crippen molar-refractivity contribution < 1.29 is 9.18 Å². The Bertz CT molecular complexity index is 441. The molecule has 98 valence electrons. The third-order valence-corrected chi connectivity index (χ3v) is 3.53. The van der Waals surface area contributed by atoms with Crippen LogP contribution in [0.3, 0.4) is 0 Å². The van der Waals surface area contributed by atoms with E-state index in [1.165, 1.54) is 6.07 Å². The maximum atomic E-state index is 13.7. The zero-order valence-electron chi connectivity index (χ0n) is 10.8. The van der Waals surface area contributed by atoms with Crippen molar-refractivity contribution in [1.82, 2.24) is 10.6 Å². The Morgan fingerprint density at radius 2 is 2.11 bits per heavy atom. The van der Waals surface area contributed by atoms with Gasteiger partial charge in [-0.1, -0.05) is 18.2 Å². The molecule has 0 unspecified atom stereocenters. The molecule has 1 saturated heterocycles. The van der Waals surface area contributed by atoms with Gasteiger partial charge in [-0.15, -0.1) is 0 Å². The fraction of sp³-hybridized carbons (Fsp3) is 0.500. The summed E-state index contributed by atoms with van der Waals surface area (Å²) in [6, 6.07) is 6.44. The summed E-state index contributed by atoms with van der Waals surface area (Å²) >= 11 is 0. The number of carbonyl (C=O) groups is 1. The molecule has 4 heteroatoms. The maximum absolute atomic E-state index is 13.7. The Kier molecular flexibility index (Phi) is 3.66. The van der Waals surface area contributed by atoms with Gasteiger partial charge in [0.25, 0.3) is 0 Å². The quantitative estimate of drug-likeness (QED) is 0.849. The number of halogens is 1. The minimum atomic E-state index is -0.845. The molecule has 0 saturated carbocycles. The van der Waals surface area contributed by atoms with Crippen LogP contribution in [0.4, 0.5) is 4.39 Å². The Labute approximate surface area is 107 Å². The molecule has 0 bridgehead atoms. The first-order valence-electron chi connectivity index (χ1n) is 6.26. The van der Waals surface area contributed by atoms with E-state index >= 15 is 0 Å². The lowest BCUT2D eigenvalue weighted by atomic mass is 9.83. The highest BCUT2D eigenvalue weighted by Crippen LogP contribution is 2.25. The van der Waals surface area contributed by atoms with Gasteiger partial charge in [0, 0.05) is 31.1 Å². The highest BCUT2D eigenvalue weighted by atomic mass is 19.1. The molecule has 1 fully saturated rings. The van der Waals surface area contributed by atoms with Gasteiger partial charge in [0.15, 0.2) is 0 Å². The van der Waals surface area contributed by atoms with Gasteiger partial charge in [0.1, 0.15) is 5.82 Å². The van der Waals surface area contributed by atoms with Crippen molar-refractivity contribution in [1.29, 1.82) is 0 Å². The van der Waals surface area contributed by atoms with Crippen LogP contribution in [0.25, 0.3) is 0 Å². The first kappa shape index (κ1) is 13.0. The van der Waals surface area contributed by atoms with Crippen molar-refractivity contribution in [2.45, 2.75) is 19.3 Å². The van der Waals surface area contributed by atoms with E-state index in [1.807, 2.05) is 0 Å². The summed E-state index contributed by atoms with van der Waals surface area (Å²) in [5.41, 5.74) is -0.406. The first-order valence-corrected chi connectivity index (χ1v) is 6.26. The van der Waals surface area contributed by atoms with E-state index in [0.29, 0.717) is 18.0 Å². The normalized spacial score (nSPS) is 16.2. The van der Waals surface area contributed by atoms with Gasteiger partial charge in [-0.05, 0) is 19.9 Å². The number of hydrogen-bond acceptors (Lipinski definition) is 2. The van der Waals surface area contributed by atoms with Crippen LogP contribution in [-0.2, 0) is 10.2 Å². The van der Waals surface area contributed by atoms with Crippen LogP contribution in [0, 0.1) is 11.7 Å². The second-order valence-electron chi connectivity index (χ2n) is 5.34. The third kappa shape index (κ3) is 2.53. The van der Waals surface area contributed by atoms with Gasteiger partial charge in [-0.25, -0.2) is 4.39 Å². The predicted octanol–water partition coefficient (Wildman–Crippen LogP) is 1.44. The van der Waals surface area contributed by atoms with Crippen molar-refractivity contribution in [3.63, 3.8) is 0 Å². The average Bonchev–Trinajstić information content (AvgIpc) is 2.27. The summed E-state index contributed by atoms with van der Waals surface area (Å²) in [4.78, 5) is 12.2. The molecule has 18 heavy (non-hydrogen) atoms. The fourth-order valence-electron chi connectivity index (χ4n) is 2.04. The average molecular weight is 250 g/mol. The summed E-state index contributed by atoms with van der Waals surface area (Å²) in [6.45, 7) is 6.05. The maximum Gasteiger partial charge on any atom is 0.230 e. The highest BCUT2D eigenvalue weighted by Gasteiger charge is 2.32. The minimum absolute atomic E-state index is 0.125. The molecular weight excluding hydrogens is 231 g/mol.